The molecular weight excluding hydrogens is 507 g/mol. The quantitative estimate of drug-likeness (QED) is 0.349. The van der Waals surface area contributed by atoms with E-state index in [1.807, 2.05) is 73.3 Å². The molecule has 0 aliphatic rings. The van der Waals surface area contributed by atoms with Crippen LogP contribution in [0.15, 0.2) is 73.3 Å². The molecule has 0 aliphatic carbocycles. The number of rotatable bonds is 2. The van der Waals surface area contributed by atoms with Crippen molar-refractivity contribution in [3.05, 3.63) is 95.6 Å². The molecule has 0 amide bonds. The summed E-state index contributed by atoms with van der Waals surface area (Å²) >= 11 is 1.06. The van der Waals surface area contributed by atoms with Crippen LogP contribution in [0.25, 0.3) is 22.8 Å². The first-order chi connectivity index (χ1) is 16.5. The second-order valence-corrected chi connectivity index (χ2v) is 8.22. The Bertz CT molecular complexity index is 1150. The fourth-order valence-electron chi connectivity index (χ4n) is 2.70. The molecule has 0 fully saturated rings. The summed E-state index contributed by atoms with van der Waals surface area (Å²) in [4.78, 5) is 17.2. The van der Waals surface area contributed by atoms with Crippen molar-refractivity contribution in [3.63, 3.8) is 0 Å². The van der Waals surface area contributed by atoms with Crippen molar-refractivity contribution >= 4 is 10.4 Å². The average molecular weight is 534 g/mol. The summed E-state index contributed by atoms with van der Waals surface area (Å²) in [7, 11) is -4.67. The molecule has 0 saturated carbocycles. The second kappa shape index (κ2) is 15.0. The Labute approximate surface area is 214 Å². The zero-order valence-corrected chi connectivity index (χ0v) is 21.9. The van der Waals surface area contributed by atoms with Crippen LogP contribution in [0, 0.1) is 27.7 Å². The van der Waals surface area contributed by atoms with Crippen molar-refractivity contribution in [1.29, 1.82) is 0 Å². The van der Waals surface area contributed by atoms with Gasteiger partial charge in [-0.3, -0.25) is 29.0 Å². The van der Waals surface area contributed by atoms with Crippen LogP contribution in [0.2, 0.25) is 0 Å². The Balaban J connectivity index is 0.000000279. The number of hydrogen-bond donors (Lipinski definition) is 2. The van der Waals surface area contributed by atoms with E-state index in [9.17, 15) is 0 Å². The van der Waals surface area contributed by atoms with E-state index in [1.54, 1.807) is 0 Å². The molecule has 35 heavy (non-hydrogen) atoms. The summed E-state index contributed by atoms with van der Waals surface area (Å²) in [6.07, 6.45) is 7.26. The van der Waals surface area contributed by atoms with E-state index in [-0.39, 0.29) is 0 Å². The van der Waals surface area contributed by atoms with E-state index in [4.69, 9.17) is 21.2 Å². The van der Waals surface area contributed by atoms with Crippen LogP contribution in [0.3, 0.4) is 0 Å². The third-order valence-electron chi connectivity index (χ3n) is 4.19. The predicted molar refractivity (Wildman–Crippen MR) is 129 cm³/mol. The zero-order valence-electron chi connectivity index (χ0n) is 19.7. The first-order valence-corrected chi connectivity index (χ1v) is 12.1. The summed E-state index contributed by atoms with van der Waals surface area (Å²) in [5.74, 6) is 0. The van der Waals surface area contributed by atoms with E-state index in [0.717, 1.165) is 40.1 Å². The number of hydrogen-bond acceptors (Lipinski definition) is 7. The molecule has 0 aliphatic heterocycles. The molecule has 0 radical (unpaired) electrons. The number of aromatic nitrogens is 4. The Kier molecular flexibility index (Phi) is 12.8. The molecular formula is C24H26N4O5SV. The summed E-state index contributed by atoms with van der Waals surface area (Å²) in [5.41, 5.74) is 8.58. The standard InChI is InChI=1S/2C12H12N2.H2O4S.O.V/c2*1-9-3-5-13-11(7-9)12-8-10(2)4-6-14-12;1-5(2,3)4;;/h2*3-8H,1-2H3;(H2,1,2,3,4);;. The predicted octanol–water partition coefficient (Wildman–Crippen LogP) is 4.75. The van der Waals surface area contributed by atoms with Crippen LogP contribution in [0.5, 0.6) is 0 Å². The van der Waals surface area contributed by atoms with Crippen LogP contribution in [0.1, 0.15) is 22.3 Å². The summed E-state index contributed by atoms with van der Waals surface area (Å²) in [5, 5.41) is 0. The fourth-order valence-corrected chi connectivity index (χ4v) is 2.70. The van der Waals surface area contributed by atoms with E-state index in [1.165, 1.54) is 22.3 Å². The van der Waals surface area contributed by atoms with Gasteiger partial charge in [-0.2, -0.15) is 8.42 Å². The van der Waals surface area contributed by atoms with Gasteiger partial charge in [-0.15, -0.1) is 0 Å². The van der Waals surface area contributed by atoms with Crippen molar-refractivity contribution < 1.29 is 38.6 Å². The summed E-state index contributed by atoms with van der Waals surface area (Å²) < 4.78 is 39.8. The fraction of sp³-hybridized carbons (Fsp3) is 0.167. The van der Waals surface area contributed by atoms with Gasteiger partial charge in [0.2, 0.25) is 0 Å². The number of aryl methyl sites for hydroxylation is 4. The van der Waals surface area contributed by atoms with Gasteiger partial charge >= 0.3 is 31.4 Å². The van der Waals surface area contributed by atoms with E-state index >= 15 is 0 Å². The van der Waals surface area contributed by atoms with Gasteiger partial charge < -0.3 is 0 Å². The first kappa shape index (κ1) is 29.9. The molecule has 4 rings (SSSR count). The topological polar surface area (TPSA) is 143 Å². The van der Waals surface area contributed by atoms with Crippen LogP contribution in [-0.4, -0.2) is 37.5 Å². The zero-order chi connectivity index (χ0) is 26.4. The molecule has 9 nitrogen and oxygen atoms in total. The number of nitrogens with zero attached hydrogens (tertiary/aromatic N) is 4. The summed E-state index contributed by atoms with van der Waals surface area (Å²) in [6, 6.07) is 16.1. The molecule has 0 saturated heterocycles. The van der Waals surface area contributed by atoms with Gasteiger partial charge in [-0.05, 0) is 98.5 Å². The minimum absolute atomic E-state index is 0.939. The van der Waals surface area contributed by atoms with Crippen LogP contribution >= 0.6 is 0 Å². The van der Waals surface area contributed by atoms with Gasteiger partial charge in [0.1, 0.15) is 0 Å². The molecule has 4 heterocycles. The molecule has 0 bridgehead atoms. The van der Waals surface area contributed by atoms with Gasteiger partial charge in [0, 0.05) is 24.8 Å². The molecule has 183 valence electrons. The van der Waals surface area contributed by atoms with Crippen molar-refractivity contribution in [2.24, 2.45) is 0 Å². The van der Waals surface area contributed by atoms with E-state index in [2.05, 4.69) is 47.6 Å². The van der Waals surface area contributed by atoms with Gasteiger partial charge in [0.05, 0.1) is 22.8 Å². The van der Waals surface area contributed by atoms with Crippen molar-refractivity contribution in [2.45, 2.75) is 27.7 Å². The average Bonchev–Trinajstić information content (AvgIpc) is 2.80. The van der Waals surface area contributed by atoms with E-state index < -0.39 is 10.4 Å². The van der Waals surface area contributed by atoms with Gasteiger partial charge in [0.15, 0.2) is 0 Å². The molecule has 0 atom stereocenters. The first-order valence-electron chi connectivity index (χ1n) is 10.1. The molecule has 0 spiro atoms. The maximum absolute atomic E-state index is 8.74. The van der Waals surface area contributed by atoms with Gasteiger partial charge in [-0.25, -0.2) is 0 Å². The Hall–Kier alpha value is -3.15. The normalized spacial score (nSPS) is 9.86. The second-order valence-electron chi connectivity index (χ2n) is 7.32. The molecule has 0 aromatic carbocycles. The Morgan fingerprint density at radius 2 is 0.714 bits per heavy atom. The third kappa shape index (κ3) is 12.8. The Morgan fingerprint density at radius 3 is 0.857 bits per heavy atom. The summed E-state index contributed by atoms with van der Waals surface area (Å²) in [6.45, 7) is 8.23. The Morgan fingerprint density at radius 1 is 0.543 bits per heavy atom. The molecule has 11 heteroatoms. The number of pyridine rings is 4. The molecule has 4 aromatic rings. The molecule has 2 N–H and O–H groups in total. The maximum atomic E-state index is 8.74. The van der Waals surface area contributed by atoms with Crippen molar-refractivity contribution in [2.75, 3.05) is 0 Å². The SMILES string of the molecule is Cc1ccnc(-c2cc(C)ccn2)c1.Cc1ccnc(-c2cc(C)ccn2)c1.O=S(=O)(O)O.[O]=[V]. The monoisotopic (exact) mass is 533 g/mol. The minimum atomic E-state index is -4.67. The van der Waals surface area contributed by atoms with Crippen LogP contribution in [-0.2, 0) is 31.4 Å². The van der Waals surface area contributed by atoms with E-state index in [0.29, 0.717) is 0 Å². The van der Waals surface area contributed by atoms with Crippen molar-refractivity contribution in [3.8, 4) is 22.8 Å². The molecule has 4 aromatic heterocycles. The third-order valence-corrected chi connectivity index (χ3v) is 4.19. The van der Waals surface area contributed by atoms with Crippen molar-refractivity contribution in [1.82, 2.24) is 19.9 Å². The van der Waals surface area contributed by atoms with Crippen LogP contribution < -0.4 is 0 Å². The molecule has 0 unspecified atom stereocenters. The van der Waals surface area contributed by atoms with Gasteiger partial charge in [0.25, 0.3) is 0 Å². The van der Waals surface area contributed by atoms with Crippen LogP contribution in [0.4, 0.5) is 0 Å². The van der Waals surface area contributed by atoms with Gasteiger partial charge in [-0.1, -0.05) is 0 Å².